The van der Waals surface area contributed by atoms with Gasteiger partial charge in [-0.2, -0.15) is 0 Å². The molecule has 1 aromatic rings. The van der Waals surface area contributed by atoms with Crippen molar-refractivity contribution in [1.29, 1.82) is 0 Å². The number of thiazole rings is 1. The van der Waals surface area contributed by atoms with E-state index in [-0.39, 0.29) is 12.1 Å². The highest BCUT2D eigenvalue weighted by atomic mass is 32.1. The van der Waals surface area contributed by atoms with Crippen LogP contribution in [0, 0.1) is 5.92 Å². The zero-order chi connectivity index (χ0) is 13.7. The molecule has 2 atom stereocenters. The Kier molecular flexibility index (Phi) is 5.15. The first kappa shape index (κ1) is 14.3. The van der Waals surface area contributed by atoms with Crippen molar-refractivity contribution in [3.8, 4) is 0 Å². The Morgan fingerprint density at radius 1 is 1.68 bits per heavy atom. The molecule has 2 N–H and O–H groups in total. The molecule has 0 aromatic carbocycles. The molecule has 2 heterocycles. The Hall–Kier alpha value is -1.14. The number of nitrogens with one attached hydrogen (secondary N) is 2. The second-order valence-corrected chi connectivity index (χ2v) is 5.77. The van der Waals surface area contributed by atoms with Gasteiger partial charge in [0.25, 0.3) is 0 Å². The summed E-state index contributed by atoms with van der Waals surface area (Å²) in [6.45, 7) is 6.27. The van der Waals surface area contributed by atoms with E-state index in [2.05, 4.69) is 22.5 Å². The molecule has 1 aromatic heterocycles. The highest BCUT2D eigenvalue weighted by Gasteiger charge is 2.17. The molecule has 0 bridgehead atoms. The van der Waals surface area contributed by atoms with E-state index in [1.807, 2.05) is 12.3 Å². The maximum Gasteiger partial charge on any atom is 0.315 e. The van der Waals surface area contributed by atoms with Gasteiger partial charge in [-0.05, 0) is 19.8 Å². The third-order valence-corrected chi connectivity index (χ3v) is 4.25. The van der Waals surface area contributed by atoms with Crippen LogP contribution in [-0.2, 0) is 11.2 Å². The van der Waals surface area contributed by atoms with Crippen molar-refractivity contribution < 1.29 is 9.53 Å². The second-order valence-electron chi connectivity index (χ2n) is 4.83. The van der Waals surface area contributed by atoms with E-state index < -0.39 is 0 Å². The summed E-state index contributed by atoms with van der Waals surface area (Å²) in [5.41, 5.74) is 0.932. The Morgan fingerprint density at radius 2 is 2.53 bits per heavy atom. The van der Waals surface area contributed by atoms with Crippen LogP contribution in [0.25, 0.3) is 0 Å². The van der Waals surface area contributed by atoms with Crippen molar-refractivity contribution in [2.45, 2.75) is 32.7 Å². The Morgan fingerprint density at radius 3 is 3.16 bits per heavy atom. The van der Waals surface area contributed by atoms with E-state index in [0.29, 0.717) is 12.5 Å². The van der Waals surface area contributed by atoms with Crippen LogP contribution in [0.2, 0.25) is 0 Å². The van der Waals surface area contributed by atoms with E-state index in [4.69, 9.17) is 4.74 Å². The summed E-state index contributed by atoms with van der Waals surface area (Å²) in [6, 6.07) is -0.193. The number of hydrogen-bond donors (Lipinski definition) is 2. The van der Waals surface area contributed by atoms with Crippen molar-refractivity contribution in [3.05, 3.63) is 16.1 Å². The van der Waals surface area contributed by atoms with Crippen molar-refractivity contribution >= 4 is 17.4 Å². The highest BCUT2D eigenvalue weighted by molar-refractivity contribution is 7.09. The number of carbonyl (C=O) groups is 1. The van der Waals surface area contributed by atoms with Gasteiger partial charge in [0.05, 0.1) is 23.4 Å². The summed E-state index contributed by atoms with van der Waals surface area (Å²) >= 11 is 1.64. The van der Waals surface area contributed by atoms with Crippen LogP contribution >= 0.6 is 11.3 Å². The van der Waals surface area contributed by atoms with E-state index in [0.717, 1.165) is 36.8 Å². The van der Waals surface area contributed by atoms with Gasteiger partial charge in [-0.1, -0.05) is 6.92 Å². The number of carbonyl (C=O) groups excluding carboxylic acids is 1. The third-order valence-electron chi connectivity index (χ3n) is 3.24. The highest BCUT2D eigenvalue weighted by Crippen LogP contribution is 2.16. The van der Waals surface area contributed by atoms with Crippen molar-refractivity contribution in [2.24, 2.45) is 5.92 Å². The molecule has 0 unspecified atom stereocenters. The first-order valence-corrected chi connectivity index (χ1v) is 7.63. The van der Waals surface area contributed by atoms with Crippen molar-refractivity contribution in [1.82, 2.24) is 15.6 Å². The van der Waals surface area contributed by atoms with E-state index >= 15 is 0 Å². The minimum atomic E-state index is -0.134. The SMILES string of the molecule is CCc1nc([C@H](C)NC(=O)NC[C@@H]2CCOC2)cs1. The fourth-order valence-corrected chi connectivity index (χ4v) is 2.83. The third kappa shape index (κ3) is 4.18. The van der Waals surface area contributed by atoms with Gasteiger partial charge in [0.15, 0.2) is 0 Å². The lowest BCUT2D eigenvalue weighted by molar-refractivity contribution is 0.185. The topological polar surface area (TPSA) is 63.2 Å². The zero-order valence-corrected chi connectivity index (χ0v) is 12.3. The smallest absolute Gasteiger partial charge is 0.315 e. The minimum absolute atomic E-state index is 0.0589. The van der Waals surface area contributed by atoms with E-state index in [9.17, 15) is 4.79 Å². The van der Waals surface area contributed by atoms with Crippen LogP contribution < -0.4 is 10.6 Å². The molecule has 0 aliphatic carbocycles. The standard InChI is InChI=1S/C13H21N3O2S/c1-3-12-16-11(8-19-12)9(2)15-13(17)14-6-10-4-5-18-7-10/h8-10H,3-7H2,1-2H3,(H2,14,15,17)/t9-,10-/m0/s1. The predicted octanol–water partition coefficient (Wildman–Crippen LogP) is 2.10. The number of aromatic nitrogens is 1. The number of ether oxygens (including phenoxy) is 1. The average molecular weight is 283 g/mol. The minimum Gasteiger partial charge on any atom is -0.381 e. The molecule has 19 heavy (non-hydrogen) atoms. The molecule has 0 spiro atoms. The lowest BCUT2D eigenvalue weighted by Gasteiger charge is -2.14. The number of hydrogen-bond acceptors (Lipinski definition) is 4. The van der Waals surface area contributed by atoms with Gasteiger partial charge in [-0.15, -0.1) is 11.3 Å². The molecule has 1 aliphatic rings. The monoisotopic (exact) mass is 283 g/mol. The van der Waals surface area contributed by atoms with Crippen LogP contribution in [0.15, 0.2) is 5.38 Å². The first-order valence-electron chi connectivity index (χ1n) is 6.75. The summed E-state index contributed by atoms with van der Waals surface area (Å²) in [5.74, 6) is 0.451. The molecule has 6 heteroatoms. The summed E-state index contributed by atoms with van der Waals surface area (Å²) in [7, 11) is 0. The molecule has 0 radical (unpaired) electrons. The fraction of sp³-hybridized carbons (Fsp3) is 0.692. The van der Waals surface area contributed by atoms with Crippen molar-refractivity contribution in [3.63, 3.8) is 0 Å². The molecule has 1 aliphatic heterocycles. The maximum atomic E-state index is 11.8. The molecule has 106 valence electrons. The molecular weight excluding hydrogens is 262 g/mol. The predicted molar refractivity (Wildman–Crippen MR) is 75.4 cm³/mol. The fourth-order valence-electron chi connectivity index (χ4n) is 1.99. The zero-order valence-electron chi connectivity index (χ0n) is 11.4. The number of amides is 2. The second kappa shape index (κ2) is 6.86. The molecule has 2 amide bonds. The molecule has 2 rings (SSSR count). The Balaban J connectivity index is 1.74. The van der Waals surface area contributed by atoms with Crippen molar-refractivity contribution in [2.75, 3.05) is 19.8 Å². The quantitative estimate of drug-likeness (QED) is 0.870. The number of aryl methyl sites for hydroxylation is 1. The maximum absolute atomic E-state index is 11.8. The van der Waals surface area contributed by atoms with Gasteiger partial charge in [0, 0.05) is 24.4 Å². The number of urea groups is 1. The largest absolute Gasteiger partial charge is 0.381 e. The van der Waals surface area contributed by atoms with Gasteiger partial charge >= 0.3 is 6.03 Å². The molecule has 5 nitrogen and oxygen atoms in total. The van der Waals surface area contributed by atoms with Gasteiger partial charge in [-0.25, -0.2) is 9.78 Å². The van der Waals surface area contributed by atoms with Crippen LogP contribution in [-0.4, -0.2) is 30.8 Å². The summed E-state index contributed by atoms with van der Waals surface area (Å²) < 4.78 is 5.27. The normalized spacial score (nSPS) is 20.2. The van der Waals surface area contributed by atoms with Gasteiger partial charge < -0.3 is 15.4 Å². The number of rotatable bonds is 5. The Labute approximate surface area is 117 Å². The average Bonchev–Trinajstić information content (AvgIpc) is 3.07. The van der Waals surface area contributed by atoms with Crippen LogP contribution in [0.3, 0.4) is 0 Å². The Bertz CT molecular complexity index is 416. The molecule has 0 saturated carbocycles. The van der Waals surface area contributed by atoms with Gasteiger partial charge in [0.2, 0.25) is 0 Å². The van der Waals surface area contributed by atoms with Gasteiger partial charge in [0.1, 0.15) is 0 Å². The molecule has 1 fully saturated rings. The lowest BCUT2D eigenvalue weighted by Crippen LogP contribution is -2.39. The van der Waals surface area contributed by atoms with Crippen LogP contribution in [0.1, 0.15) is 37.0 Å². The van der Waals surface area contributed by atoms with E-state index in [1.165, 1.54) is 0 Å². The lowest BCUT2D eigenvalue weighted by atomic mass is 10.1. The first-order chi connectivity index (χ1) is 9.19. The van der Waals surface area contributed by atoms with Crippen LogP contribution in [0.5, 0.6) is 0 Å². The summed E-state index contributed by atoms with van der Waals surface area (Å²) in [5, 5.41) is 8.91. The molecule has 1 saturated heterocycles. The number of nitrogens with zero attached hydrogens (tertiary/aromatic N) is 1. The molecular formula is C13H21N3O2S. The summed E-state index contributed by atoms with van der Waals surface area (Å²) in [4.78, 5) is 16.2. The van der Waals surface area contributed by atoms with Crippen LogP contribution in [0.4, 0.5) is 4.79 Å². The summed E-state index contributed by atoms with van der Waals surface area (Å²) in [6.07, 6.45) is 1.97. The van der Waals surface area contributed by atoms with E-state index in [1.54, 1.807) is 11.3 Å². The van der Waals surface area contributed by atoms with Gasteiger partial charge in [-0.3, -0.25) is 0 Å².